The van der Waals surface area contributed by atoms with E-state index < -0.39 is 65.0 Å². The van der Waals surface area contributed by atoms with Crippen LogP contribution in [0.4, 0.5) is 19.2 Å². The zero-order chi connectivity index (χ0) is 61.2. The van der Waals surface area contributed by atoms with Gasteiger partial charge in [0.2, 0.25) is 0 Å². The first kappa shape index (κ1) is 71.1. The lowest BCUT2D eigenvalue weighted by molar-refractivity contribution is -0.150. The average Bonchev–Trinajstić information content (AvgIpc) is 3.02. The van der Waals surface area contributed by atoms with Crippen molar-refractivity contribution < 1.29 is 81.4 Å². The van der Waals surface area contributed by atoms with Crippen LogP contribution in [0.5, 0.6) is 0 Å². The van der Waals surface area contributed by atoms with Gasteiger partial charge in [-0.2, -0.15) is 0 Å². The number of carboxylic acid groups (broad SMARTS) is 1. The maximum absolute atomic E-state index is 12.7. The Labute approximate surface area is 497 Å². The van der Waals surface area contributed by atoms with Crippen LogP contribution in [0.25, 0.3) is 0 Å². The lowest BCUT2D eigenvalue weighted by atomic mass is 10.0. The predicted octanol–water partition coefficient (Wildman–Crippen LogP) is 12.3. The number of hydrogen-bond acceptors (Lipinski definition) is 17. The summed E-state index contributed by atoms with van der Waals surface area (Å²) in [5, 5.41) is 12.7. The number of carboxylic acids is 1. The zero-order valence-electron chi connectivity index (χ0n) is 51.4. The third-order valence-electron chi connectivity index (χ3n) is 14.1. The number of carbonyl (C=O) groups is 8. The van der Waals surface area contributed by atoms with Crippen LogP contribution in [-0.2, 0) is 70.3 Å². The van der Waals surface area contributed by atoms with Crippen LogP contribution < -0.4 is 5.32 Å². The summed E-state index contributed by atoms with van der Waals surface area (Å²) in [5.41, 5.74) is -0.566. The molecule has 83 heavy (non-hydrogen) atoms. The molecular formula is C62H94ClN3O17. The molecule has 0 aromatic heterocycles. The van der Waals surface area contributed by atoms with Crippen molar-refractivity contribution in [2.45, 2.75) is 246 Å². The van der Waals surface area contributed by atoms with E-state index in [-0.39, 0.29) is 55.0 Å². The Morgan fingerprint density at radius 2 is 0.916 bits per heavy atom. The van der Waals surface area contributed by atoms with E-state index in [1.807, 2.05) is 81.4 Å². The standard InChI is InChI=1S/C20H27NO4.C15H19NO2.C13H21NO4.C10H18O5.C4H8O2.ClH/c1-20(2,3)25-19(23)21-16-11-7-10-15(16)12-17(21)18(22)24-13-14-8-5-4-6-9-14;17-15(18-10-11-5-2-1-3-6-11)14-9-12-7-4-8-13(12)16-14;1-13(2,3)18-12(17)14-9-6-4-5-8(9)7-10(14)11(15)16;1-9(2,3)14-7(11)13-8(12)15-10(4,5)6;1-3-6-4(2)5;/h4-6,8-9,15-17H,7,10-13H2,1-3H3;1-3,5-6,12-14,16H,4,7-10H2;8-10H,4-7H2,1-3H3,(H,15,16);1-6H3;3H2,1-2H3;1H/t15-,16-,17-;12-,13-,14-;8-,9-,10-;;;/m000.../s1. The molecular weight excluding hydrogens is 1090 g/mol. The Balaban J connectivity index is 0.000000284. The number of esters is 3. The van der Waals surface area contributed by atoms with Gasteiger partial charge in [-0.1, -0.05) is 79.9 Å². The van der Waals surface area contributed by atoms with Gasteiger partial charge in [0.1, 0.15) is 53.7 Å². The summed E-state index contributed by atoms with van der Waals surface area (Å²) in [5.74, 6) is -0.148. The normalized spacial score (nSPS) is 23.7. The molecule has 20 nitrogen and oxygen atoms in total. The van der Waals surface area contributed by atoms with Crippen molar-refractivity contribution in [3.63, 3.8) is 0 Å². The highest BCUT2D eigenvalue weighted by molar-refractivity contribution is 5.85. The molecule has 2 amide bonds. The molecule has 2 aromatic rings. The van der Waals surface area contributed by atoms with E-state index in [0.717, 1.165) is 56.1 Å². The fourth-order valence-corrected chi connectivity index (χ4v) is 11.0. The van der Waals surface area contributed by atoms with Gasteiger partial charge >= 0.3 is 48.4 Å². The highest BCUT2D eigenvalue weighted by atomic mass is 35.5. The Morgan fingerprint density at radius 1 is 0.518 bits per heavy atom. The molecule has 0 bridgehead atoms. The van der Waals surface area contributed by atoms with Gasteiger partial charge in [-0.3, -0.25) is 19.4 Å². The zero-order valence-corrected chi connectivity index (χ0v) is 52.2. The number of benzene rings is 2. The molecule has 21 heteroatoms. The number of nitrogens with zero attached hydrogens (tertiary/aromatic N) is 2. The fourth-order valence-electron chi connectivity index (χ4n) is 11.0. The number of rotatable bonds is 8. The largest absolute Gasteiger partial charge is 0.519 e. The van der Waals surface area contributed by atoms with Crippen molar-refractivity contribution in [2.75, 3.05) is 6.61 Å². The molecule has 3 aliphatic heterocycles. The van der Waals surface area contributed by atoms with E-state index in [1.54, 1.807) is 74.1 Å². The van der Waals surface area contributed by atoms with Crippen molar-refractivity contribution in [3.05, 3.63) is 71.8 Å². The third kappa shape index (κ3) is 24.9. The maximum atomic E-state index is 12.7. The van der Waals surface area contributed by atoms with E-state index in [9.17, 15) is 43.5 Å². The Bertz CT molecular complexity index is 2380. The van der Waals surface area contributed by atoms with Crippen LogP contribution >= 0.6 is 12.4 Å². The van der Waals surface area contributed by atoms with Crippen LogP contribution in [-0.4, -0.2) is 129 Å². The molecule has 3 saturated heterocycles. The lowest BCUT2D eigenvalue weighted by Gasteiger charge is -2.31. The third-order valence-corrected chi connectivity index (χ3v) is 14.1. The van der Waals surface area contributed by atoms with Crippen LogP contribution in [0.1, 0.15) is 185 Å². The first-order valence-corrected chi connectivity index (χ1v) is 28.9. The second kappa shape index (κ2) is 32.2. The highest BCUT2D eigenvalue weighted by Crippen LogP contribution is 2.43. The van der Waals surface area contributed by atoms with E-state index in [0.29, 0.717) is 49.9 Å². The summed E-state index contributed by atoms with van der Waals surface area (Å²) in [6, 6.07) is 18.8. The maximum Gasteiger partial charge on any atom is 0.519 e. The number of aliphatic carboxylic acids is 1. The minimum atomic E-state index is -1.06. The number of ether oxygens (including phenoxy) is 8. The quantitative estimate of drug-likeness (QED) is 0.142. The molecule has 8 rings (SSSR count). The van der Waals surface area contributed by atoms with E-state index in [4.69, 9.17) is 28.4 Å². The Kier molecular flexibility index (Phi) is 27.6. The molecule has 3 aliphatic carbocycles. The molecule has 2 N–H and O–H groups in total. The lowest BCUT2D eigenvalue weighted by Crippen LogP contribution is -2.47. The van der Waals surface area contributed by atoms with Gasteiger partial charge in [-0.05, 0) is 177 Å². The van der Waals surface area contributed by atoms with E-state index in [2.05, 4.69) is 14.8 Å². The molecule has 2 aromatic carbocycles. The number of amides is 2. The predicted molar refractivity (Wildman–Crippen MR) is 311 cm³/mol. The van der Waals surface area contributed by atoms with Gasteiger partial charge in [-0.15, -0.1) is 12.4 Å². The van der Waals surface area contributed by atoms with Gasteiger partial charge in [-0.25, -0.2) is 28.8 Å². The Morgan fingerprint density at radius 3 is 1.30 bits per heavy atom. The minimum Gasteiger partial charge on any atom is -0.480 e. The molecule has 0 radical (unpaired) electrons. The number of hydrogen-bond donors (Lipinski definition) is 2. The summed E-state index contributed by atoms with van der Waals surface area (Å²) < 4.78 is 40.0. The summed E-state index contributed by atoms with van der Waals surface area (Å²) in [6.07, 6.45) is 9.07. The molecule has 0 spiro atoms. The second-order valence-corrected chi connectivity index (χ2v) is 25.5. The molecule has 6 fully saturated rings. The first-order valence-electron chi connectivity index (χ1n) is 28.9. The summed E-state index contributed by atoms with van der Waals surface area (Å²) in [6.45, 7) is 25.2. The van der Waals surface area contributed by atoms with Gasteiger partial charge in [0.05, 0.1) is 6.61 Å². The number of nitrogens with one attached hydrogen (secondary N) is 1. The van der Waals surface area contributed by atoms with Gasteiger partial charge in [0, 0.05) is 25.0 Å². The smallest absolute Gasteiger partial charge is 0.480 e. The van der Waals surface area contributed by atoms with Gasteiger partial charge in [0.25, 0.3) is 0 Å². The number of halogens is 1. The van der Waals surface area contributed by atoms with Crippen LogP contribution in [0.15, 0.2) is 60.7 Å². The number of likely N-dealkylation sites (tertiary alicyclic amines) is 2. The van der Waals surface area contributed by atoms with Gasteiger partial charge in [0.15, 0.2) is 0 Å². The number of carbonyl (C=O) groups excluding carboxylic acids is 7. The second-order valence-electron chi connectivity index (χ2n) is 25.5. The monoisotopic (exact) mass is 1190 g/mol. The summed E-state index contributed by atoms with van der Waals surface area (Å²) in [4.78, 5) is 95.7. The molecule has 0 unspecified atom stereocenters. The molecule has 3 saturated carbocycles. The molecule has 9 atom stereocenters. The molecule has 3 heterocycles. The van der Waals surface area contributed by atoms with E-state index >= 15 is 0 Å². The topological polar surface area (TPSA) is 249 Å². The fraction of sp³-hybridized carbons (Fsp3) is 0.677. The van der Waals surface area contributed by atoms with Crippen molar-refractivity contribution >= 4 is 60.8 Å². The van der Waals surface area contributed by atoms with Crippen molar-refractivity contribution in [1.82, 2.24) is 15.1 Å². The van der Waals surface area contributed by atoms with E-state index in [1.165, 1.54) is 31.1 Å². The summed E-state index contributed by atoms with van der Waals surface area (Å²) in [7, 11) is 0. The SMILES string of the molecule is CC(C)(C)OC(=O)N1[C@H](C(=O)O)C[C@@H]2CCC[C@@H]21.CC(C)(C)OC(=O)N1[C@H](C(=O)OCc2ccccc2)C[C@@H]2CCC[C@@H]21.CC(C)(C)OC(=O)OC(=O)OC(C)(C)C.CCOC(C)=O.Cl.O=C(OCc1ccccc1)[C@@H]1C[C@@H]2CCC[C@@H]2N1. The van der Waals surface area contributed by atoms with Gasteiger partial charge < -0.3 is 48.3 Å². The van der Waals surface area contributed by atoms with Crippen LogP contribution in [0, 0.1) is 17.8 Å². The highest BCUT2D eigenvalue weighted by Gasteiger charge is 2.52. The minimum absolute atomic E-state index is 0. The summed E-state index contributed by atoms with van der Waals surface area (Å²) >= 11 is 0. The van der Waals surface area contributed by atoms with Crippen LogP contribution in [0.2, 0.25) is 0 Å². The average molecular weight is 1190 g/mol. The number of fused-ring (bicyclic) bond motifs is 3. The van der Waals surface area contributed by atoms with Crippen LogP contribution in [0.3, 0.4) is 0 Å². The first-order chi connectivity index (χ1) is 38.2. The molecule has 6 aliphatic rings. The van der Waals surface area contributed by atoms with Crippen molar-refractivity contribution in [2.24, 2.45) is 17.8 Å². The van der Waals surface area contributed by atoms with Crippen molar-refractivity contribution in [1.29, 1.82) is 0 Å². The molecule has 466 valence electrons. The van der Waals surface area contributed by atoms with Crippen molar-refractivity contribution in [3.8, 4) is 0 Å². The Hall–Kier alpha value is -6.15.